The summed E-state index contributed by atoms with van der Waals surface area (Å²) in [6.07, 6.45) is 8.31. The van der Waals surface area contributed by atoms with Gasteiger partial charge in [-0.1, -0.05) is 50.1 Å². The second-order valence-corrected chi connectivity index (χ2v) is 9.43. The van der Waals surface area contributed by atoms with Crippen LogP contribution in [0.3, 0.4) is 0 Å². The Morgan fingerprint density at radius 1 is 1.11 bits per heavy atom. The molecule has 1 heterocycles. The third kappa shape index (κ3) is 3.79. The van der Waals surface area contributed by atoms with E-state index in [1.807, 2.05) is 6.07 Å². The zero-order valence-electron chi connectivity index (χ0n) is 17.6. The summed E-state index contributed by atoms with van der Waals surface area (Å²) >= 11 is 0. The minimum absolute atomic E-state index is 0.122. The highest BCUT2D eigenvalue weighted by Gasteiger charge is 2.44. The molecule has 0 radical (unpaired) electrons. The Labute approximate surface area is 169 Å². The van der Waals surface area contributed by atoms with Crippen molar-refractivity contribution < 1.29 is 9.84 Å². The average molecular weight is 379 g/mol. The summed E-state index contributed by atoms with van der Waals surface area (Å²) in [7, 11) is 0. The molecule has 0 bridgehead atoms. The van der Waals surface area contributed by atoms with Crippen molar-refractivity contribution in [3.8, 4) is 11.5 Å². The second-order valence-electron chi connectivity index (χ2n) is 9.43. The fourth-order valence-electron chi connectivity index (χ4n) is 5.48. The zero-order chi connectivity index (χ0) is 19.7. The van der Waals surface area contributed by atoms with Crippen molar-refractivity contribution in [2.45, 2.75) is 83.2 Å². The van der Waals surface area contributed by atoms with Crippen molar-refractivity contribution in [1.82, 2.24) is 0 Å². The Bertz CT molecular complexity index is 809. The van der Waals surface area contributed by atoms with Crippen molar-refractivity contribution in [1.29, 1.82) is 0 Å². The molecular formula is C26H34O2. The molecule has 3 atom stereocenters. The first-order chi connectivity index (χ1) is 13.5. The Balaban J connectivity index is 1.51. The fourth-order valence-corrected chi connectivity index (χ4v) is 5.48. The molecule has 1 unspecified atom stereocenters. The maximum Gasteiger partial charge on any atom is 0.124 e. The van der Waals surface area contributed by atoms with Gasteiger partial charge in [-0.3, -0.25) is 0 Å². The monoisotopic (exact) mass is 378 g/mol. The summed E-state index contributed by atoms with van der Waals surface area (Å²) in [5.74, 6) is 2.88. The molecule has 4 rings (SSSR count). The molecule has 2 heteroatoms. The number of fused-ring (bicyclic) bond motifs is 3. The van der Waals surface area contributed by atoms with Gasteiger partial charge in [0.05, 0.1) is 0 Å². The third-order valence-corrected chi connectivity index (χ3v) is 7.07. The lowest BCUT2D eigenvalue weighted by Gasteiger charge is -2.47. The number of phenols is 1. The van der Waals surface area contributed by atoms with Gasteiger partial charge in [0.25, 0.3) is 0 Å². The number of hydrogen-bond acceptors (Lipinski definition) is 2. The Morgan fingerprint density at radius 3 is 2.64 bits per heavy atom. The fraction of sp³-hybridized carbons (Fsp3) is 0.538. The Hall–Kier alpha value is -1.96. The summed E-state index contributed by atoms with van der Waals surface area (Å²) in [6, 6.07) is 14.8. The number of aromatic hydroxyl groups is 1. The molecule has 2 aromatic carbocycles. The van der Waals surface area contributed by atoms with Gasteiger partial charge in [-0.25, -0.2) is 0 Å². The molecule has 0 aromatic heterocycles. The molecule has 2 nitrogen and oxygen atoms in total. The molecule has 1 aliphatic heterocycles. The van der Waals surface area contributed by atoms with E-state index in [-0.39, 0.29) is 5.60 Å². The van der Waals surface area contributed by atoms with Crippen LogP contribution in [0.25, 0.3) is 0 Å². The summed E-state index contributed by atoms with van der Waals surface area (Å²) in [6.45, 7) is 6.72. The van der Waals surface area contributed by atoms with Crippen LogP contribution in [-0.4, -0.2) is 10.7 Å². The number of hydrogen-bond donors (Lipinski definition) is 1. The average Bonchev–Trinajstić information content (AvgIpc) is 2.69. The highest BCUT2D eigenvalue weighted by molar-refractivity contribution is 5.50. The van der Waals surface area contributed by atoms with Gasteiger partial charge in [0, 0.05) is 17.0 Å². The van der Waals surface area contributed by atoms with Gasteiger partial charge in [-0.2, -0.15) is 0 Å². The molecule has 2 aliphatic rings. The summed E-state index contributed by atoms with van der Waals surface area (Å²) < 4.78 is 6.50. The molecule has 150 valence electrons. The van der Waals surface area contributed by atoms with E-state index < -0.39 is 0 Å². The largest absolute Gasteiger partial charge is 0.508 e. The first kappa shape index (κ1) is 19.4. The molecule has 1 fully saturated rings. The number of ether oxygens (including phenoxy) is 1. The van der Waals surface area contributed by atoms with E-state index in [0.29, 0.717) is 23.5 Å². The molecule has 0 amide bonds. The van der Waals surface area contributed by atoms with Gasteiger partial charge in [-0.15, -0.1) is 0 Å². The number of aryl methyl sites for hydroxylation is 1. The van der Waals surface area contributed by atoms with Crippen molar-refractivity contribution >= 4 is 0 Å². The van der Waals surface area contributed by atoms with Gasteiger partial charge < -0.3 is 9.84 Å². The number of rotatable bonds is 5. The minimum Gasteiger partial charge on any atom is -0.508 e. The van der Waals surface area contributed by atoms with Crippen LogP contribution in [0.15, 0.2) is 42.5 Å². The van der Waals surface area contributed by atoms with Crippen molar-refractivity contribution in [2.75, 3.05) is 0 Å². The van der Waals surface area contributed by atoms with Crippen LogP contribution in [0.4, 0.5) is 0 Å². The lowest BCUT2D eigenvalue weighted by molar-refractivity contribution is -0.00645. The third-order valence-electron chi connectivity index (χ3n) is 7.07. The maximum atomic E-state index is 10.8. The predicted molar refractivity (Wildman–Crippen MR) is 115 cm³/mol. The molecule has 2 aromatic rings. The van der Waals surface area contributed by atoms with Crippen molar-refractivity contribution in [2.24, 2.45) is 5.92 Å². The van der Waals surface area contributed by atoms with Crippen LogP contribution in [0.5, 0.6) is 11.5 Å². The van der Waals surface area contributed by atoms with Gasteiger partial charge in [0.1, 0.15) is 17.1 Å². The number of benzene rings is 2. The van der Waals surface area contributed by atoms with Gasteiger partial charge in [-0.05, 0) is 75.5 Å². The van der Waals surface area contributed by atoms with E-state index in [0.717, 1.165) is 30.6 Å². The smallest absolute Gasteiger partial charge is 0.124 e. The Kier molecular flexibility index (Phi) is 5.40. The van der Waals surface area contributed by atoms with Crippen LogP contribution >= 0.6 is 0 Å². The highest BCUT2D eigenvalue weighted by Crippen LogP contribution is 2.53. The van der Waals surface area contributed by atoms with Crippen LogP contribution in [-0.2, 0) is 6.42 Å². The molecular weight excluding hydrogens is 344 g/mol. The summed E-state index contributed by atoms with van der Waals surface area (Å²) in [4.78, 5) is 0. The molecule has 0 spiro atoms. The molecule has 28 heavy (non-hydrogen) atoms. The first-order valence-corrected chi connectivity index (χ1v) is 11.1. The van der Waals surface area contributed by atoms with Gasteiger partial charge >= 0.3 is 0 Å². The minimum atomic E-state index is -0.122. The first-order valence-electron chi connectivity index (χ1n) is 11.1. The van der Waals surface area contributed by atoms with Crippen LogP contribution in [0, 0.1) is 5.92 Å². The predicted octanol–water partition coefficient (Wildman–Crippen LogP) is 6.96. The van der Waals surface area contributed by atoms with E-state index in [9.17, 15) is 5.11 Å². The van der Waals surface area contributed by atoms with E-state index in [1.165, 1.54) is 36.8 Å². The highest BCUT2D eigenvalue weighted by atomic mass is 16.5. The molecule has 0 saturated heterocycles. The molecule has 1 N–H and O–H groups in total. The SMILES string of the molecule is CC(CCCc1ccccc1)c1cc2c(cc1O)[C@@H]1CCCC[C@@H]1C(C)(C)O2. The summed E-state index contributed by atoms with van der Waals surface area (Å²) in [5.41, 5.74) is 3.54. The van der Waals surface area contributed by atoms with Crippen molar-refractivity contribution in [3.63, 3.8) is 0 Å². The van der Waals surface area contributed by atoms with Crippen LogP contribution < -0.4 is 4.74 Å². The Morgan fingerprint density at radius 2 is 1.86 bits per heavy atom. The van der Waals surface area contributed by atoms with Crippen LogP contribution in [0.1, 0.15) is 87.8 Å². The normalized spacial score (nSPS) is 24.0. The van der Waals surface area contributed by atoms with E-state index in [4.69, 9.17) is 4.74 Å². The lowest BCUT2D eigenvalue weighted by Crippen LogP contribution is -2.45. The maximum absolute atomic E-state index is 10.8. The van der Waals surface area contributed by atoms with Crippen molar-refractivity contribution in [3.05, 3.63) is 59.2 Å². The molecule has 1 saturated carbocycles. The zero-order valence-corrected chi connectivity index (χ0v) is 17.6. The lowest BCUT2D eigenvalue weighted by atomic mass is 9.66. The van der Waals surface area contributed by atoms with Gasteiger partial charge in [0.2, 0.25) is 0 Å². The van der Waals surface area contributed by atoms with E-state index in [2.05, 4.69) is 57.2 Å². The second kappa shape index (κ2) is 7.81. The topological polar surface area (TPSA) is 29.5 Å². The van der Waals surface area contributed by atoms with E-state index >= 15 is 0 Å². The van der Waals surface area contributed by atoms with E-state index in [1.54, 1.807) is 0 Å². The standard InChI is InChI=1S/C26H34O2/c1-18(10-9-13-19-11-5-4-6-12-19)21-17-25-22(16-24(21)27)20-14-7-8-15-23(20)26(2,3)28-25/h4-6,11-12,16-18,20,23,27H,7-10,13-15H2,1-3H3/t18?,20-,23-/m0/s1. The van der Waals surface area contributed by atoms with Crippen LogP contribution in [0.2, 0.25) is 0 Å². The quantitative estimate of drug-likeness (QED) is 0.609. The summed E-state index contributed by atoms with van der Waals surface area (Å²) in [5, 5.41) is 10.8. The molecule has 1 aliphatic carbocycles. The van der Waals surface area contributed by atoms with Gasteiger partial charge in [0.15, 0.2) is 0 Å². The number of phenolic OH excluding ortho intramolecular Hbond substituents is 1.